The third kappa shape index (κ3) is 6.22. The maximum absolute atomic E-state index is 11.1. The highest BCUT2D eigenvalue weighted by Crippen LogP contribution is 2.20. The fraction of sp³-hybridized carbons (Fsp3) is 0.118. The zero-order valence-corrected chi connectivity index (χ0v) is 13.8. The van der Waals surface area contributed by atoms with Gasteiger partial charge in [-0.3, -0.25) is 4.79 Å². The number of carbonyl (C=O) groups excluding carboxylic acids is 1. The topological polar surface area (TPSA) is 141 Å². The molecule has 0 saturated heterocycles. The van der Waals surface area contributed by atoms with Gasteiger partial charge < -0.3 is 27.3 Å². The van der Waals surface area contributed by atoms with Crippen LogP contribution in [0.5, 0.6) is 5.75 Å². The average molecular weight is 340 g/mol. The number of carbonyl (C=O) groups is 1. The second-order valence-corrected chi connectivity index (χ2v) is 5.17. The summed E-state index contributed by atoms with van der Waals surface area (Å²) in [4.78, 5) is 18.9. The summed E-state index contributed by atoms with van der Waals surface area (Å²) in [6, 6.07) is 14.5. The molecular weight excluding hydrogens is 320 g/mol. The van der Waals surface area contributed by atoms with Crippen molar-refractivity contribution in [2.24, 2.45) is 27.2 Å². The van der Waals surface area contributed by atoms with Gasteiger partial charge in [-0.15, -0.1) is 0 Å². The van der Waals surface area contributed by atoms with E-state index in [9.17, 15) is 4.79 Å². The van der Waals surface area contributed by atoms with Crippen molar-refractivity contribution in [3.05, 3.63) is 54.1 Å². The smallest absolute Gasteiger partial charge is 0.223 e. The van der Waals surface area contributed by atoms with Crippen LogP contribution in [0.1, 0.15) is 12.5 Å². The van der Waals surface area contributed by atoms with E-state index in [1.54, 1.807) is 24.3 Å². The number of nitrogens with one attached hydrogen (secondary N) is 1. The van der Waals surface area contributed by atoms with E-state index in [0.29, 0.717) is 23.7 Å². The van der Waals surface area contributed by atoms with Crippen molar-refractivity contribution in [1.29, 1.82) is 0 Å². The molecule has 0 spiro atoms. The van der Waals surface area contributed by atoms with Gasteiger partial charge in [-0.2, -0.15) is 4.99 Å². The molecule has 2 aromatic carbocycles. The third-order valence-corrected chi connectivity index (χ3v) is 2.96. The summed E-state index contributed by atoms with van der Waals surface area (Å²) < 4.78 is 5.74. The minimum Gasteiger partial charge on any atom is -0.489 e. The molecule has 0 aliphatic rings. The van der Waals surface area contributed by atoms with Gasteiger partial charge in [0, 0.05) is 18.7 Å². The second-order valence-electron chi connectivity index (χ2n) is 5.17. The molecule has 0 fully saturated rings. The van der Waals surface area contributed by atoms with E-state index in [0.717, 1.165) is 5.56 Å². The number of amides is 1. The van der Waals surface area contributed by atoms with Gasteiger partial charge in [0.15, 0.2) is 5.96 Å². The van der Waals surface area contributed by atoms with Crippen LogP contribution in [0.25, 0.3) is 0 Å². The Morgan fingerprint density at radius 1 is 1.12 bits per heavy atom. The number of benzene rings is 2. The molecule has 8 nitrogen and oxygen atoms in total. The number of anilines is 1. The lowest BCUT2D eigenvalue weighted by Gasteiger charge is -2.09. The highest BCUT2D eigenvalue weighted by molar-refractivity contribution is 5.93. The molecule has 0 aliphatic heterocycles. The van der Waals surface area contributed by atoms with Crippen molar-refractivity contribution in [1.82, 2.24) is 0 Å². The first-order valence-corrected chi connectivity index (χ1v) is 7.45. The molecule has 2 aromatic rings. The molecule has 1 amide bonds. The Hall–Kier alpha value is -3.55. The standard InChI is InChI=1S/C17H20N6O2/c1-11(24)21-14-6-3-7-15(9-14)25-10-12-4-2-5-13(8-12)22-17(20)23-16(18)19/h2-9H,10H2,1H3,(H,21,24)(H6,18,19,20,22,23). The number of nitrogens with two attached hydrogens (primary N) is 3. The maximum atomic E-state index is 11.1. The Morgan fingerprint density at radius 3 is 2.60 bits per heavy atom. The number of hydrogen-bond donors (Lipinski definition) is 4. The van der Waals surface area contributed by atoms with Gasteiger partial charge in [-0.1, -0.05) is 18.2 Å². The largest absolute Gasteiger partial charge is 0.489 e. The molecule has 130 valence electrons. The fourth-order valence-corrected chi connectivity index (χ4v) is 2.04. The lowest BCUT2D eigenvalue weighted by atomic mass is 10.2. The molecular formula is C17H20N6O2. The lowest BCUT2D eigenvalue weighted by molar-refractivity contribution is -0.114. The van der Waals surface area contributed by atoms with E-state index in [2.05, 4.69) is 15.3 Å². The number of nitrogens with zero attached hydrogens (tertiary/aromatic N) is 2. The summed E-state index contributed by atoms with van der Waals surface area (Å²) in [5.41, 5.74) is 18.3. The Kier molecular flexibility index (Phi) is 5.94. The molecule has 25 heavy (non-hydrogen) atoms. The van der Waals surface area contributed by atoms with Gasteiger partial charge in [0.25, 0.3) is 0 Å². The third-order valence-electron chi connectivity index (χ3n) is 2.96. The van der Waals surface area contributed by atoms with E-state index < -0.39 is 0 Å². The number of aliphatic imine (C=N–C) groups is 2. The minimum absolute atomic E-state index is 0.0268. The summed E-state index contributed by atoms with van der Waals surface area (Å²) in [7, 11) is 0. The van der Waals surface area contributed by atoms with Crippen LogP contribution in [0.4, 0.5) is 11.4 Å². The molecule has 8 heteroatoms. The van der Waals surface area contributed by atoms with Gasteiger partial charge in [0.2, 0.25) is 11.9 Å². The molecule has 0 radical (unpaired) electrons. The molecule has 0 aromatic heterocycles. The van der Waals surface area contributed by atoms with Crippen LogP contribution in [0.3, 0.4) is 0 Å². The molecule has 0 heterocycles. The highest BCUT2D eigenvalue weighted by Gasteiger charge is 2.01. The predicted octanol–water partition coefficient (Wildman–Crippen LogP) is 1.44. The normalized spacial score (nSPS) is 10.8. The lowest BCUT2D eigenvalue weighted by Crippen LogP contribution is -2.26. The van der Waals surface area contributed by atoms with Crippen molar-refractivity contribution in [3.63, 3.8) is 0 Å². The summed E-state index contributed by atoms with van der Waals surface area (Å²) in [5.74, 6) is 0.321. The van der Waals surface area contributed by atoms with E-state index in [-0.39, 0.29) is 17.8 Å². The highest BCUT2D eigenvalue weighted by atomic mass is 16.5. The van der Waals surface area contributed by atoms with Gasteiger partial charge in [0.05, 0.1) is 5.69 Å². The van der Waals surface area contributed by atoms with Crippen molar-refractivity contribution in [2.75, 3.05) is 5.32 Å². The maximum Gasteiger partial charge on any atom is 0.223 e. The monoisotopic (exact) mass is 340 g/mol. The Labute approximate surface area is 145 Å². The molecule has 0 aliphatic carbocycles. The van der Waals surface area contributed by atoms with E-state index in [4.69, 9.17) is 21.9 Å². The first-order chi connectivity index (χ1) is 11.9. The molecule has 0 saturated carbocycles. The molecule has 2 rings (SSSR count). The van der Waals surface area contributed by atoms with E-state index in [1.165, 1.54) is 6.92 Å². The molecule has 0 bridgehead atoms. The van der Waals surface area contributed by atoms with Gasteiger partial charge in [0.1, 0.15) is 12.4 Å². The zero-order valence-electron chi connectivity index (χ0n) is 13.8. The zero-order chi connectivity index (χ0) is 18.2. The predicted molar refractivity (Wildman–Crippen MR) is 98.6 cm³/mol. The second kappa shape index (κ2) is 8.34. The summed E-state index contributed by atoms with van der Waals surface area (Å²) in [5, 5.41) is 2.71. The van der Waals surface area contributed by atoms with Crippen LogP contribution in [-0.2, 0) is 11.4 Å². The molecule has 0 atom stereocenters. The molecule has 0 unspecified atom stereocenters. The summed E-state index contributed by atoms with van der Waals surface area (Å²) >= 11 is 0. The quantitative estimate of drug-likeness (QED) is 0.481. The van der Waals surface area contributed by atoms with Crippen molar-refractivity contribution >= 4 is 29.2 Å². The number of rotatable bonds is 5. The van der Waals surface area contributed by atoms with Crippen LogP contribution in [0, 0.1) is 0 Å². The first-order valence-electron chi connectivity index (χ1n) is 7.45. The van der Waals surface area contributed by atoms with Crippen LogP contribution in [-0.4, -0.2) is 17.8 Å². The van der Waals surface area contributed by atoms with Crippen LogP contribution < -0.4 is 27.3 Å². The van der Waals surface area contributed by atoms with Crippen LogP contribution >= 0.6 is 0 Å². The molecule has 7 N–H and O–H groups in total. The van der Waals surface area contributed by atoms with E-state index >= 15 is 0 Å². The number of ether oxygens (including phenoxy) is 1. The first kappa shape index (κ1) is 17.8. The summed E-state index contributed by atoms with van der Waals surface area (Å²) in [6.45, 7) is 1.78. The van der Waals surface area contributed by atoms with Crippen LogP contribution in [0.15, 0.2) is 58.5 Å². The average Bonchev–Trinajstić information content (AvgIpc) is 2.52. The Bertz CT molecular complexity index is 812. The van der Waals surface area contributed by atoms with Gasteiger partial charge in [-0.25, -0.2) is 4.99 Å². The van der Waals surface area contributed by atoms with Crippen molar-refractivity contribution in [2.45, 2.75) is 13.5 Å². The van der Waals surface area contributed by atoms with E-state index in [1.807, 2.05) is 24.3 Å². The van der Waals surface area contributed by atoms with Gasteiger partial charge in [-0.05, 0) is 29.8 Å². The Morgan fingerprint density at radius 2 is 1.88 bits per heavy atom. The number of guanidine groups is 2. The van der Waals surface area contributed by atoms with Crippen molar-refractivity contribution in [3.8, 4) is 5.75 Å². The SMILES string of the molecule is CC(=O)Nc1cccc(OCc2cccc(N=C(N)N=C(N)N)c2)c1. The fourth-order valence-electron chi connectivity index (χ4n) is 2.04. The summed E-state index contributed by atoms with van der Waals surface area (Å²) in [6.07, 6.45) is 0. The number of hydrogen-bond acceptors (Lipinski definition) is 3. The van der Waals surface area contributed by atoms with Crippen molar-refractivity contribution < 1.29 is 9.53 Å². The Balaban J connectivity index is 2.05. The van der Waals surface area contributed by atoms with Gasteiger partial charge >= 0.3 is 0 Å². The van der Waals surface area contributed by atoms with Crippen LogP contribution in [0.2, 0.25) is 0 Å². The minimum atomic E-state index is -0.153.